The highest BCUT2D eigenvalue weighted by molar-refractivity contribution is 5.88. The Morgan fingerprint density at radius 2 is 1.80 bits per heavy atom. The van der Waals surface area contributed by atoms with Crippen LogP contribution in [-0.2, 0) is 11.4 Å². The van der Waals surface area contributed by atoms with Crippen molar-refractivity contribution in [3.05, 3.63) is 77.9 Å². The zero-order chi connectivity index (χ0) is 21.2. The first-order valence-corrected chi connectivity index (χ1v) is 10.6. The van der Waals surface area contributed by atoms with Crippen LogP contribution in [0.4, 0.5) is 0 Å². The Labute approximate surface area is 179 Å². The SMILES string of the molecule is COc1cc(/C=C/C=C/C(=O)N[C@H]2CC[C@H](C)CC2)ccc1OCc1ccccc1. The molecule has 1 amide bonds. The van der Waals surface area contributed by atoms with E-state index in [-0.39, 0.29) is 5.91 Å². The van der Waals surface area contributed by atoms with Crippen LogP contribution < -0.4 is 14.8 Å². The van der Waals surface area contributed by atoms with Gasteiger partial charge in [-0.05, 0) is 54.9 Å². The van der Waals surface area contributed by atoms with Gasteiger partial charge in [0.2, 0.25) is 5.91 Å². The third-order valence-electron chi connectivity index (χ3n) is 5.43. The van der Waals surface area contributed by atoms with Crippen molar-refractivity contribution >= 4 is 12.0 Å². The number of carbonyl (C=O) groups excluding carboxylic acids is 1. The molecule has 0 heterocycles. The zero-order valence-electron chi connectivity index (χ0n) is 17.8. The van der Waals surface area contributed by atoms with E-state index in [2.05, 4.69) is 12.2 Å². The summed E-state index contributed by atoms with van der Waals surface area (Å²) >= 11 is 0. The normalized spacial score (nSPS) is 19.1. The maximum atomic E-state index is 12.1. The zero-order valence-corrected chi connectivity index (χ0v) is 17.8. The molecule has 1 aliphatic carbocycles. The standard InChI is InChI=1S/C26H31NO3/c1-20-12-15-23(16-13-20)27-26(28)11-7-6-8-21-14-17-24(25(18-21)29-2)30-19-22-9-4-3-5-10-22/h3-11,14,17-18,20,23H,12-13,15-16,19H2,1-2H3,(H,27,28)/b8-6+,11-7+/t20-,23-. The van der Waals surface area contributed by atoms with Crippen LogP contribution in [0.25, 0.3) is 6.08 Å². The number of amides is 1. The molecule has 2 aromatic rings. The number of ether oxygens (including phenoxy) is 2. The van der Waals surface area contributed by atoms with E-state index in [1.165, 1.54) is 12.8 Å². The highest BCUT2D eigenvalue weighted by atomic mass is 16.5. The Kier molecular flexibility index (Phi) is 8.13. The Bertz CT molecular complexity index is 865. The summed E-state index contributed by atoms with van der Waals surface area (Å²) in [5, 5.41) is 3.10. The molecule has 0 saturated heterocycles. The van der Waals surface area contributed by atoms with E-state index in [9.17, 15) is 4.79 Å². The topological polar surface area (TPSA) is 47.6 Å². The number of allylic oxidation sites excluding steroid dienone is 2. The van der Waals surface area contributed by atoms with Crippen molar-refractivity contribution in [3.63, 3.8) is 0 Å². The molecule has 158 valence electrons. The first-order chi connectivity index (χ1) is 14.6. The molecular formula is C26H31NO3. The molecule has 0 aliphatic heterocycles. The molecule has 1 fully saturated rings. The third kappa shape index (κ3) is 6.80. The van der Waals surface area contributed by atoms with Crippen LogP contribution in [0.1, 0.15) is 43.7 Å². The first kappa shape index (κ1) is 21.7. The van der Waals surface area contributed by atoms with Gasteiger partial charge < -0.3 is 14.8 Å². The minimum atomic E-state index is -0.0264. The Hall–Kier alpha value is -3.01. The van der Waals surface area contributed by atoms with Crippen LogP contribution in [0.15, 0.2) is 66.8 Å². The van der Waals surface area contributed by atoms with Crippen LogP contribution in [0, 0.1) is 5.92 Å². The molecule has 0 radical (unpaired) electrons. The summed E-state index contributed by atoms with van der Waals surface area (Å²) in [5.74, 6) is 2.14. The lowest BCUT2D eigenvalue weighted by molar-refractivity contribution is -0.117. The fourth-order valence-corrected chi connectivity index (χ4v) is 3.61. The molecule has 0 unspecified atom stereocenters. The molecule has 30 heavy (non-hydrogen) atoms. The van der Waals surface area contributed by atoms with Gasteiger partial charge in [-0.3, -0.25) is 4.79 Å². The molecule has 1 aliphatic rings. The van der Waals surface area contributed by atoms with Gasteiger partial charge in [0.15, 0.2) is 11.5 Å². The van der Waals surface area contributed by atoms with E-state index >= 15 is 0 Å². The average Bonchev–Trinajstić information content (AvgIpc) is 2.78. The highest BCUT2D eigenvalue weighted by Crippen LogP contribution is 2.29. The molecule has 4 nitrogen and oxygen atoms in total. The van der Waals surface area contributed by atoms with Gasteiger partial charge in [-0.2, -0.15) is 0 Å². The molecular weight excluding hydrogens is 374 g/mol. The molecule has 2 aromatic carbocycles. The third-order valence-corrected chi connectivity index (χ3v) is 5.43. The molecule has 1 N–H and O–H groups in total. The van der Waals surface area contributed by atoms with Crippen molar-refractivity contribution in [2.24, 2.45) is 5.92 Å². The largest absolute Gasteiger partial charge is 0.493 e. The van der Waals surface area contributed by atoms with E-state index in [1.807, 2.05) is 60.7 Å². The summed E-state index contributed by atoms with van der Waals surface area (Å²) in [7, 11) is 1.63. The van der Waals surface area contributed by atoms with Crippen LogP contribution in [0.5, 0.6) is 11.5 Å². The van der Waals surface area contributed by atoms with Crippen LogP contribution in [0.3, 0.4) is 0 Å². The summed E-state index contributed by atoms with van der Waals surface area (Å²) in [6.45, 7) is 2.77. The van der Waals surface area contributed by atoms with Crippen molar-refractivity contribution in [1.82, 2.24) is 5.32 Å². The van der Waals surface area contributed by atoms with Crippen molar-refractivity contribution in [3.8, 4) is 11.5 Å². The van der Waals surface area contributed by atoms with Crippen LogP contribution in [-0.4, -0.2) is 19.1 Å². The number of rotatable bonds is 8. The molecule has 0 bridgehead atoms. The number of carbonyl (C=O) groups is 1. The number of nitrogens with one attached hydrogen (secondary N) is 1. The Balaban J connectivity index is 1.51. The maximum Gasteiger partial charge on any atom is 0.244 e. The summed E-state index contributed by atoms with van der Waals surface area (Å²) in [6.07, 6.45) is 11.7. The number of hydrogen-bond donors (Lipinski definition) is 1. The number of benzene rings is 2. The lowest BCUT2D eigenvalue weighted by Crippen LogP contribution is -2.36. The van der Waals surface area contributed by atoms with Crippen molar-refractivity contribution in [1.29, 1.82) is 0 Å². The molecule has 0 spiro atoms. The molecule has 4 heteroatoms. The van der Waals surface area contributed by atoms with Gasteiger partial charge in [0, 0.05) is 12.1 Å². The second kappa shape index (κ2) is 11.2. The van der Waals surface area contributed by atoms with Gasteiger partial charge in [-0.25, -0.2) is 0 Å². The fourth-order valence-electron chi connectivity index (χ4n) is 3.61. The number of hydrogen-bond acceptors (Lipinski definition) is 3. The minimum absolute atomic E-state index is 0.0264. The van der Waals surface area contributed by atoms with E-state index in [0.717, 1.165) is 29.9 Å². The van der Waals surface area contributed by atoms with Crippen LogP contribution in [0.2, 0.25) is 0 Å². The van der Waals surface area contributed by atoms with E-state index in [1.54, 1.807) is 19.3 Å². The quantitative estimate of drug-likeness (QED) is 0.463. The lowest BCUT2D eigenvalue weighted by Gasteiger charge is -2.26. The van der Waals surface area contributed by atoms with Gasteiger partial charge >= 0.3 is 0 Å². The van der Waals surface area contributed by atoms with Gasteiger partial charge in [0.25, 0.3) is 0 Å². The number of methoxy groups -OCH3 is 1. The molecule has 0 atom stereocenters. The van der Waals surface area contributed by atoms with E-state index in [0.29, 0.717) is 24.1 Å². The van der Waals surface area contributed by atoms with Gasteiger partial charge in [0.1, 0.15) is 6.61 Å². The van der Waals surface area contributed by atoms with Crippen molar-refractivity contribution in [2.75, 3.05) is 7.11 Å². The predicted molar refractivity (Wildman–Crippen MR) is 122 cm³/mol. The molecule has 0 aromatic heterocycles. The van der Waals surface area contributed by atoms with Gasteiger partial charge in [-0.1, -0.05) is 61.5 Å². The Morgan fingerprint density at radius 3 is 2.53 bits per heavy atom. The molecule has 3 rings (SSSR count). The monoisotopic (exact) mass is 405 g/mol. The van der Waals surface area contributed by atoms with E-state index < -0.39 is 0 Å². The second-order valence-corrected chi connectivity index (χ2v) is 7.87. The maximum absolute atomic E-state index is 12.1. The smallest absolute Gasteiger partial charge is 0.244 e. The van der Waals surface area contributed by atoms with Crippen LogP contribution >= 0.6 is 0 Å². The summed E-state index contributed by atoms with van der Waals surface area (Å²) in [5.41, 5.74) is 2.08. The van der Waals surface area contributed by atoms with Gasteiger partial charge in [-0.15, -0.1) is 0 Å². The highest BCUT2D eigenvalue weighted by Gasteiger charge is 2.18. The minimum Gasteiger partial charge on any atom is -0.493 e. The van der Waals surface area contributed by atoms with Crippen molar-refractivity contribution < 1.29 is 14.3 Å². The summed E-state index contributed by atoms with van der Waals surface area (Å²) in [4.78, 5) is 12.1. The summed E-state index contributed by atoms with van der Waals surface area (Å²) in [6, 6.07) is 16.1. The Morgan fingerprint density at radius 1 is 1.03 bits per heavy atom. The van der Waals surface area contributed by atoms with Crippen molar-refractivity contribution in [2.45, 2.75) is 45.3 Å². The summed E-state index contributed by atoms with van der Waals surface area (Å²) < 4.78 is 11.4. The lowest BCUT2D eigenvalue weighted by atomic mass is 9.87. The fraction of sp³-hybridized carbons (Fsp3) is 0.346. The first-order valence-electron chi connectivity index (χ1n) is 10.6. The molecule has 1 saturated carbocycles. The predicted octanol–water partition coefficient (Wildman–Crippen LogP) is 5.54. The average molecular weight is 406 g/mol. The second-order valence-electron chi connectivity index (χ2n) is 7.87. The van der Waals surface area contributed by atoms with E-state index in [4.69, 9.17) is 9.47 Å². The van der Waals surface area contributed by atoms with Gasteiger partial charge in [0.05, 0.1) is 7.11 Å².